The second-order valence-corrected chi connectivity index (χ2v) is 52.2. The average molecular weight is 1870 g/mol. The monoisotopic (exact) mass is 1870 g/mol. The van der Waals surface area contributed by atoms with Gasteiger partial charge in [-0.3, -0.25) is 0 Å². The summed E-state index contributed by atoms with van der Waals surface area (Å²) < 4.78 is 0. The highest BCUT2D eigenvalue weighted by atomic mass is 16.3. The molecule has 4 heteroatoms. The molecule has 0 amide bonds. The van der Waals surface area contributed by atoms with E-state index in [1.807, 2.05) is 0 Å². The fourth-order valence-corrected chi connectivity index (χ4v) is 34.7. The normalized spacial score (nSPS) is 21.4. The average Bonchev–Trinajstić information content (AvgIpc) is 1.53. The maximum absolute atomic E-state index is 12.8. The lowest BCUT2D eigenvalue weighted by Crippen LogP contribution is -2.26. The van der Waals surface area contributed by atoms with Crippen molar-refractivity contribution in [1.29, 1.82) is 0 Å². The maximum Gasteiger partial charge on any atom is 0.138 e. The van der Waals surface area contributed by atoms with Gasteiger partial charge in [0.15, 0.2) is 0 Å². The molecule has 0 heterocycles. The van der Waals surface area contributed by atoms with Gasteiger partial charge >= 0.3 is 0 Å². The molecule has 0 unspecified atom stereocenters. The Bertz CT molecular complexity index is 5620. The number of allylic oxidation sites excluding steroid dienone is 2. The molecule has 0 fully saturated rings. The van der Waals surface area contributed by atoms with E-state index in [-0.39, 0.29) is 98.2 Å². The van der Waals surface area contributed by atoms with E-state index in [0.29, 0.717) is 11.1 Å². The first-order chi connectivity index (χ1) is 66.1. The standard InChI is InChI=1S/C136H174N2O2/c1-33-129(34-2)77-121(17,18)111-97(129)73-98-112(122(19,20)78-130(98,35-3)36-4)105(111)85-49-61-91(62-50-85)137(92-63-51-86(52-64-92)106-113-99(131(37-5,38-6)79-123(113,21)22)74-100-114(106)124(23,24)80-132(100,39-7)40-8)95-69-57-89(58-70-95)109-119(139)110(120(109)140)90-59-71-96(72-60-90)138(93-65-53-87(54-66-93)107-115-101(133(41-9,42-10)81-125(115,25)26)75-102-116(107)126(27,28)82-134(102,43-11)44-12)94-67-55-88(56-68-94)108-117-103(135(45-13,46-14)83-127(117,29)30)76-104-118(108)128(31,32)84-136(104,47-15)48-16/h49-76,139-140H,33-48,77-84H2,1-32H3. The Balaban J connectivity index is 0.723. The Labute approximate surface area is 847 Å². The molecule has 0 atom stereocenters. The van der Waals surface area contributed by atoms with Gasteiger partial charge in [-0.15, -0.1) is 0 Å². The smallest absolute Gasteiger partial charge is 0.138 e. The van der Waals surface area contributed by atoms with Crippen molar-refractivity contribution in [3.05, 3.63) is 282 Å². The molecule has 740 valence electrons. The lowest BCUT2D eigenvalue weighted by Gasteiger charge is -2.33. The molecule has 19 rings (SSSR count). The van der Waals surface area contributed by atoms with E-state index in [9.17, 15) is 10.2 Å². The summed E-state index contributed by atoms with van der Waals surface area (Å²) in [6.45, 7) is 80.0. The first kappa shape index (κ1) is 99.6. The zero-order valence-electron chi connectivity index (χ0n) is 92.9. The third-order valence-corrected chi connectivity index (χ3v) is 41.8. The largest absolute Gasteiger partial charge is 0.506 e. The molecule has 0 radical (unpaired) electrons. The van der Waals surface area contributed by atoms with E-state index < -0.39 is 0 Å². The van der Waals surface area contributed by atoms with Gasteiger partial charge in [0, 0.05) is 34.1 Å². The summed E-state index contributed by atoms with van der Waals surface area (Å²) in [7, 11) is 0. The van der Waals surface area contributed by atoms with E-state index >= 15 is 0 Å². The third kappa shape index (κ3) is 14.1. The quantitative estimate of drug-likeness (QED) is 0.0513. The summed E-state index contributed by atoms with van der Waals surface area (Å²) in [5.74, 6) is 0.205. The number of aliphatic hydroxyl groups excluding tert-OH is 2. The second-order valence-electron chi connectivity index (χ2n) is 52.2. The van der Waals surface area contributed by atoms with Crippen LogP contribution in [0.5, 0.6) is 0 Å². The highest BCUT2D eigenvalue weighted by Crippen LogP contribution is 2.71. The summed E-state index contributed by atoms with van der Waals surface area (Å²) in [5, 5.41) is 25.6. The summed E-state index contributed by atoms with van der Waals surface area (Å²) in [6, 6.07) is 67.5. The van der Waals surface area contributed by atoms with Crippen molar-refractivity contribution in [2.45, 2.75) is 462 Å². The van der Waals surface area contributed by atoms with Crippen LogP contribution in [0.1, 0.15) is 476 Å². The van der Waals surface area contributed by atoms with Gasteiger partial charge in [-0.05, 0) is 458 Å². The molecule has 9 aliphatic rings. The molecule has 0 saturated carbocycles. The van der Waals surface area contributed by atoms with Gasteiger partial charge in [0.2, 0.25) is 0 Å². The van der Waals surface area contributed by atoms with E-state index in [0.717, 1.165) is 199 Å². The molecular formula is C136H174N2O2. The van der Waals surface area contributed by atoms with Gasteiger partial charge < -0.3 is 20.0 Å². The molecule has 10 aromatic carbocycles. The van der Waals surface area contributed by atoms with Crippen LogP contribution in [0.4, 0.5) is 34.1 Å². The van der Waals surface area contributed by atoms with Crippen molar-refractivity contribution >= 4 is 45.3 Å². The minimum Gasteiger partial charge on any atom is -0.506 e. The predicted octanol–water partition coefficient (Wildman–Crippen LogP) is 39.5. The first-order valence-electron chi connectivity index (χ1n) is 56.2. The van der Waals surface area contributed by atoms with Crippen molar-refractivity contribution in [2.24, 2.45) is 0 Å². The molecular weight excluding hydrogens is 1690 g/mol. The van der Waals surface area contributed by atoms with Crippen LogP contribution in [0.25, 0.3) is 55.7 Å². The van der Waals surface area contributed by atoms with Gasteiger partial charge in [0.25, 0.3) is 0 Å². The molecule has 0 spiro atoms. The van der Waals surface area contributed by atoms with Gasteiger partial charge in [0.05, 0.1) is 11.1 Å². The Kier molecular flexibility index (Phi) is 24.0. The number of anilines is 6. The van der Waals surface area contributed by atoms with Crippen LogP contribution in [-0.2, 0) is 86.6 Å². The lowest BCUT2D eigenvalue weighted by molar-refractivity contribution is 0.322. The third-order valence-electron chi connectivity index (χ3n) is 41.8. The fourth-order valence-electron chi connectivity index (χ4n) is 34.7. The number of aliphatic hydroxyl groups is 2. The highest BCUT2D eigenvalue weighted by molar-refractivity contribution is 6.07. The topological polar surface area (TPSA) is 46.9 Å². The number of fused-ring (bicyclic) bond motifs is 8. The van der Waals surface area contributed by atoms with E-state index in [1.165, 1.54) is 44.5 Å². The van der Waals surface area contributed by atoms with Crippen molar-refractivity contribution in [3.8, 4) is 44.5 Å². The van der Waals surface area contributed by atoms with Crippen LogP contribution in [0.15, 0.2) is 181 Å². The Morgan fingerprint density at radius 1 is 0.179 bits per heavy atom. The number of nitrogens with zero attached hydrogens (tertiary/aromatic N) is 2. The minimum atomic E-state index is -0.0123. The zero-order valence-corrected chi connectivity index (χ0v) is 92.9. The van der Waals surface area contributed by atoms with Crippen molar-refractivity contribution in [1.82, 2.24) is 0 Å². The molecule has 10 aromatic rings. The van der Waals surface area contributed by atoms with Crippen LogP contribution < -0.4 is 9.80 Å². The van der Waals surface area contributed by atoms with Gasteiger partial charge in [-0.25, -0.2) is 0 Å². The number of hydrogen-bond donors (Lipinski definition) is 2. The summed E-state index contributed by atoms with van der Waals surface area (Å²) in [5.41, 5.74) is 46.4. The van der Waals surface area contributed by atoms with Crippen LogP contribution in [-0.4, -0.2) is 10.2 Å². The minimum absolute atomic E-state index is 0.0123. The zero-order chi connectivity index (χ0) is 101. The Morgan fingerprint density at radius 2 is 0.293 bits per heavy atom. The predicted molar refractivity (Wildman–Crippen MR) is 602 cm³/mol. The summed E-state index contributed by atoms with van der Waals surface area (Å²) in [4.78, 5) is 4.91. The van der Waals surface area contributed by atoms with Crippen LogP contribution in [0.2, 0.25) is 0 Å². The number of benzene rings is 10. The molecule has 0 aromatic heterocycles. The second kappa shape index (κ2) is 33.7. The van der Waals surface area contributed by atoms with Crippen LogP contribution in [0.3, 0.4) is 0 Å². The summed E-state index contributed by atoms with van der Waals surface area (Å²) in [6.07, 6.45) is 27.4. The number of hydrogen-bond acceptors (Lipinski definition) is 4. The molecule has 0 saturated heterocycles. The number of rotatable bonds is 28. The molecule has 4 nitrogen and oxygen atoms in total. The van der Waals surface area contributed by atoms with Crippen LogP contribution >= 0.6 is 0 Å². The molecule has 2 N–H and O–H groups in total. The lowest BCUT2D eigenvalue weighted by atomic mass is 9.72. The van der Waals surface area contributed by atoms with Crippen molar-refractivity contribution in [3.63, 3.8) is 0 Å². The first-order valence-corrected chi connectivity index (χ1v) is 56.2. The SMILES string of the molecule is CCC1(CC)CC(C)(C)c2c1cc1c(c2-c2ccc(N(c3ccc(C4=C(O)C(c5ccc(N(c6ccc(-c7c8c(cc9c7C(C)(C)CC9(CC)CC)C(CC)(CC)CC8(C)C)cc6)c6ccc(-c7c8c(cc9c7C(C)(C)CC9(CC)CC)C(CC)(CC)CC8(C)C)cc6)cc5)=C4O)cc3)c3ccc(-c4c5c(cc6c4C(C)(C)CC6(CC)CC)C(CC)(CC)CC5(C)C)cc3)cc2)C(C)(C)CC1(CC)CC. The molecule has 140 heavy (non-hydrogen) atoms. The Morgan fingerprint density at radius 3 is 0.407 bits per heavy atom. The van der Waals surface area contributed by atoms with Gasteiger partial charge in [-0.1, -0.05) is 319 Å². The van der Waals surface area contributed by atoms with Gasteiger partial charge in [-0.2, -0.15) is 0 Å². The maximum atomic E-state index is 12.8. The molecule has 0 bridgehead atoms. The molecule has 0 aliphatic heterocycles. The van der Waals surface area contributed by atoms with E-state index in [1.54, 1.807) is 89.0 Å². The molecule has 9 aliphatic carbocycles. The van der Waals surface area contributed by atoms with Crippen molar-refractivity contribution in [2.75, 3.05) is 9.80 Å². The fraction of sp³-hybridized carbons (Fsp3) is 0.529. The summed E-state index contributed by atoms with van der Waals surface area (Å²) >= 11 is 0. The Hall–Kier alpha value is -9.12. The van der Waals surface area contributed by atoms with Crippen LogP contribution in [0, 0.1) is 0 Å². The van der Waals surface area contributed by atoms with Crippen molar-refractivity contribution < 1.29 is 10.2 Å². The van der Waals surface area contributed by atoms with E-state index in [2.05, 4.69) is 401 Å². The van der Waals surface area contributed by atoms with Gasteiger partial charge in [0.1, 0.15) is 11.5 Å². The highest BCUT2D eigenvalue weighted by Gasteiger charge is 2.60. The van der Waals surface area contributed by atoms with E-state index in [4.69, 9.17) is 0 Å².